The molecule has 0 bridgehead atoms. The molecular formula is C11H25N3O. The molecule has 0 aromatic heterocycles. The van der Waals surface area contributed by atoms with Gasteiger partial charge in [-0.05, 0) is 27.4 Å². The number of aliphatic hydroxyl groups excluding tert-OH is 1. The highest BCUT2D eigenvalue weighted by atomic mass is 16.3. The number of likely N-dealkylation sites (N-methyl/N-ethyl adjacent to an activating group) is 2. The Labute approximate surface area is 93.2 Å². The number of rotatable bonds is 5. The number of nitrogens with zero attached hydrogens (tertiary/aromatic N) is 2. The highest BCUT2D eigenvalue weighted by molar-refractivity contribution is 4.78. The minimum absolute atomic E-state index is 0.235. The van der Waals surface area contributed by atoms with E-state index in [1.807, 2.05) is 7.05 Å². The molecule has 4 heteroatoms. The molecule has 2 atom stereocenters. The van der Waals surface area contributed by atoms with Crippen molar-refractivity contribution >= 4 is 0 Å². The first-order valence-electron chi connectivity index (χ1n) is 5.88. The first-order valence-corrected chi connectivity index (χ1v) is 5.88. The summed E-state index contributed by atoms with van der Waals surface area (Å²) in [6.45, 7) is 7.07. The second-order valence-corrected chi connectivity index (χ2v) is 4.60. The van der Waals surface area contributed by atoms with Crippen LogP contribution in [0.5, 0.6) is 0 Å². The predicted octanol–water partition coefficient (Wildman–Crippen LogP) is -0.407. The zero-order valence-electron chi connectivity index (χ0n) is 10.2. The first-order chi connectivity index (χ1) is 7.17. The second-order valence-electron chi connectivity index (χ2n) is 4.60. The van der Waals surface area contributed by atoms with Crippen LogP contribution in [0.25, 0.3) is 0 Å². The monoisotopic (exact) mass is 215 g/mol. The maximum atomic E-state index is 9.07. The van der Waals surface area contributed by atoms with E-state index in [-0.39, 0.29) is 12.6 Å². The minimum atomic E-state index is 0.235. The summed E-state index contributed by atoms with van der Waals surface area (Å²) in [5.41, 5.74) is 0. The normalized spacial score (nSPS) is 26.8. The zero-order chi connectivity index (χ0) is 11.3. The summed E-state index contributed by atoms with van der Waals surface area (Å²) >= 11 is 0. The quantitative estimate of drug-likeness (QED) is 0.654. The van der Waals surface area contributed by atoms with Gasteiger partial charge in [-0.25, -0.2) is 0 Å². The molecule has 4 nitrogen and oxygen atoms in total. The molecule has 15 heavy (non-hydrogen) atoms. The average molecular weight is 215 g/mol. The van der Waals surface area contributed by atoms with Crippen molar-refractivity contribution in [1.82, 2.24) is 15.1 Å². The fraction of sp³-hybridized carbons (Fsp3) is 1.00. The van der Waals surface area contributed by atoms with Crippen LogP contribution in [0.1, 0.15) is 13.3 Å². The maximum absolute atomic E-state index is 9.07. The lowest BCUT2D eigenvalue weighted by molar-refractivity contribution is 0.0930. The summed E-state index contributed by atoms with van der Waals surface area (Å²) in [6, 6.07) is 0.886. The number of piperazine rings is 1. The zero-order valence-corrected chi connectivity index (χ0v) is 10.2. The van der Waals surface area contributed by atoms with Gasteiger partial charge in [0.15, 0.2) is 0 Å². The Kier molecular flexibility index (Phi) is 5.53. The smallest absolute Gasteiger partial charge is 0.0585 e. The van der Waals surface area contributed by atoms with Crippen molar-refractivity contribution in [3.8, 4) is 0 Å². The molecular weight excluding hydrogens is 190 g/mol. The van der Waals surface area contributed by atoms with Crippen molar-refractivity contribution in [2.45, 2.75) is 25.4 Å². The summed E-state index contributed by atoms with van der Waals surface area (Å²) in [4.78, 5) is 4.89. The highest BCUT2D eigenvalue weighted by Crippen LogP contribution is 2.08. The molecule has 0 amide bonds. The van der Waals surface area contributed by atoms with Crippen LogP contribution in [0.2, 0.25) is 0 Å². The van der Waals surface area contributed by atoms with Crippen LogP contribution in [-0.2, 0) is 0 Å². The fourth-order valence-electron chi connectivity index (χ4n) is 2.16. The van der Waals surface area contributed by atoms with Crippen LogP contribution >= 0.6 is 0 Å². The molecule has 1 fully saturated rings. The summed E-state index contributed by atoms with van der Waals surface area (Å²) in [7, 11) is 4.09. The van der Waals surface area contributed by atoms with E-state index in [0.717, 1.165) is 32.6 Å². The van der Waals surface area contributed by atoms with Gasteiger partial charge < -0.3 is 15.3 Å². The van der Waals surface area contributed by atoms with Gasteiger partial charge in [-0.15, -0.1) is 0 Å². The second kappa shape index (κ2) is 6.43. The van der Waals surface area contributed by atoms with Crippen molar-refractivity contribution in [2.75, 3.05) is 46.9 Å². The topological polar surface area (TPSA) is 38.7 Å². The third kappa shape index (κ3) is 4.07. The Bertz CT molecular complexity index is 173. The third-order valence-electron chi connectivity index (χ3n) is 3.36. The molecule has 0 aromatic rings. The molecule has 1 aliphatic heterocycles. The van der Waals surface area contributed by atoms with Crippen LogP contribution in [0.4, 0.5) is 0 Å². The number of aliphatic hydroxyl groups is 1. The Morgan fingerprint density at radius 2 is 2.20 bits per heavy atom. The van der Waals surface area contributed by atoms with E-state index in [4.69, 9.17) is 5.11 Å². The lowest BCUT2D eigenvalue weighted by Gasteiger charge is -2.38. The maximum Gasteiger partial charge on any atom is 0.0585 e. The van der Waals surface area contributed by atoms with E-state index in [1.165, 1.54) is 0 Å². The summed E-state index contributed by atoms with van der Waals surface area (Å²) in [5, 5.41) is 12.2. The molecule has 0 aromatic carbocycles. The van der Waals surface area contributed by atoms with Gasteiger partial charge in [0.2, 0.25) is 0 Å². The van der Waals surface area contributed by atoms with Crippen molar-refractivity contribution in [1.29, 1.82) is 0 Å². The molecule has 2 N–H and O–H groups in total. The van der Waals surface area contributed by atoms with E-state index >= 15 is 0 Å². The van der Waals surface area contributed by atoms with Crippen molar-refractivity contribution in [3.63, 3.8) is 0 Å². The molecule has 2 unspecified atom stereocenters. The Morgan fingerprint density at radius 3 is 2.73 bits per heavy atom. The molecule has 1 aliphatic rings. The van der Waals surface area contributed by atoms with Gasteiger partial charge in [-0.1, -0.05) is 0 Å². The van der Waals surface area contributed by atoms with Crippen LogP contribution in [-0.4, -0.2) is 73.9 Å². The van der Waals surface area contributed by atoms with Gasteiger partial charge in [0.05, 0.1) is 6.61 Å². The Balaban J connectivity index is 2.26. The van der Waals surface area contributed by atoms with Gasteiger partial charge in [-0.3, -0.25) is 4.90 Å². The first kappa shape index (κ1) is 12.9. The van der Waals surface area contributed by atoms with Gasteiger partial charge >= 0.3 is 0 Å². The molecule has 0 saturated carbocycles. The van der Waals surface area contributed by atoms with E-state index in [1.54, 1.807) is 0 Å². The summed E-state index contributed by atoms with van der Waals surface area (Å²) in [5.74, 6) is 0. The van der Waals surface area contributed by atoms with E-state index in [2.05, 4.69) is 29.1 Å². The molecule has 90 valence electrons. The van der Waals surface area contributed by atoms with Crippen LogP contribution < -0.4 is 5.32 Å². The fourth-order valence-corrected chi connectivity index (χ4v) is 2.16. The van der Waals surface area contributed by atoms with Gasteiger partial charge in [0.1, 0.15) is 0 Å². The molecule has 1 rings (SSSR count). The Hall–Kier alpha value is -0.160. The number of hydrogen-bond donors (Lipinski definition) is 2. The van der Waals surface area contributed by atoms with Crippen molar-refractivity contribution in [2.24, 2.45) is 0 Å². The van der Waals surface area contributed by atoms with Crippen LogP contribution in [0.15, 0.2) is 0 Å². The average Bonchev–Trinajstić information content (AvgIpc) is 2.22. The third-order valence-corrected chi connectivity index (χ3v) is 3.36. The summed E-state index contributed by atoms with van der Waals surface area (Å²) in [6.07, 6.45) is 1.03. The molecule has 0 radical (unpaired) electrons. The van der Waals surface area contributed by atoms with Crippen molar-refractivity contribution in [3.05, 3.63) is 0 Å². The van der Waals surface area contributed by atoms with Crippen molar-refractivity contribution < 1.29 is 5.11 Å². The predicted molar refractivity (Wildman–Crippen MR) is 63.1 cm³/mol. The lowest BCUT2D eigenvalue weighted by atomic mass is 10.1. The highest BCUT2D eigenvalue weighted by Gasteiger charge is 2.21. The molecule has 0 aliphatic carbocycles. The van der Waals surface area contributed by atoms with Gasteiger partial charge in [0.25, 0.3) is 0 Å². The van der Waals surface area contributed by atoms with Crippen LogP contribution in [0.3, 0.4) is 0 Å². The SMILES string of the molecule is CNC(CO)CCN1CCN(C)CC1C. The molecule has 1 saturated heterocycles. The Morgan fingerprint density at radius 1 is 1.47 bits per heavy atom. The standard InChI is InChI=1S/C11H25N3O/c1-10-8-13(3)6-7-14(10)5-4-11(9-15)12-2/h10-12,15H,4-9H2,1-3H3. The largest absolute Gasteiger partial charge is 0.395 e. The van der Waals surface area contributed by atoms with E-state index in [0.29, 0.717) is 6.04 Å². The number of nitrogens with one attached hydrogen (secondary N) is 1. The number of hydrogen-bond acceptors (Lipinski definition) is 4. The van der Waals surface area contributed by atoms with E-state index < -0.39 is 0 Å². The van der Waals surface area contributed by atoms with Gasteiger partial charge in [-0.2, -0.15) is 0 Å². The van der Waals surface area contributed by atoms with Crippen LogP contribution in [0, 0.1) is 0 Å². The lowest BCUT2D eigenvalue weighted by Crippen LogP contribution is -2.51. The summed E-state index contributed by atoms with van der Waals surface area (Å²) < 4.78 is 0. The van der Waals surface area contributed by atoms with Gasteiger partial charge in [0, 0.05) is 38.3 Å². The molecule has 0 spiro atoms. The van der Waals surface area contributed by atoms with E-state index in [9.17, 15) is 0 Å². The minimum Gasteiger partial charge on any atom is -0.395 e. The molecule has 1 heterocycles.